The average molecular weight is 757 g/mol. The Balaban J connectivity index is 1.06. The number of carbonyl (C=O) groups excluding carboxylic acids is 2. The predicted octanol–water partition coefficient (Wildman–Crippen LogP) is 7.45. The topological polar surface area (TPSA) is 146 Å². The number of para-hydroxylation sites is 2. The number of hydrogen-bond donors (Lipinski definition) is 5. The van der Waals surface area contributed by atoms with Gasteiger partial charge >= 0.3 is 0 Å². The van der Waals surface area contributed by atoms with Crippen molar-refractivity contribution in [2.75, 3.05) is 24.6 Å². The van der Waals surface area contributed by atoms with Gasteiger partial charge in [-0.3, -0.25) is 14.5 Å². The van der Waals surface area contributed by atoms with E-state index in [1.807, 2.05) is 111 Å². The van der Waals surface area contributed by atoms with Crippen molar-refractivity contribution in [1.29, 1.82) is 0 Å². The van der Waals surface area contributed by atoms with Crippen molar-refractivity contribution >= 4 is 23.2 Å². The van der Waals surface area contributed by atoms with Crippen LogP contribution in [0.3, 0.4) is 0 Å². The first kappa shape index (κ1) is 40.3. The number of nitrogen functional groups attached to an aromatic ring is 1. The minimum absolute atomic E-state index is 0.0233. The zero-order valence-corrected chi connectivity index (χ0v) is 32.0. The van der Waals surface area contributed by atoms with Crippen LogP contribution in [0.2, 0.25) is 0 Å². The molecule has 0 aromatic heterocycles. The molecule has 6 rings (SSSR count). The molecule has 5 aromatic carbocycles. The van der Waals surface area contributed by atoms with Crippen molar-refractivity contribution in [3.63, 3.8) is 0 Å². The Labute approximate surface area is 329 Å². The Bertz CT molecular complexity index is 2020. The van der Waals surface area contributed by atoms with E-state index in [4.69, 9.17) is 15.2 Å². The SMILES string of the molecule is C[C@H]([C@@H](O)c1ccccc1)N(C)C[C@H]1C[C@@H](c2ccc(CO)cc2)O[C@@H](c2ccc(-c3cccc(CNC(=O)CCCC(=O)Nc4ccccc4N)c3)cc2)O1. The smallest absolute Gasteiger partial charge is 0.224 e. The summed E-state index contributed by atoms with van der Waals surface area (Å²) in [5.74, 6) is -0.296. The highest BCUT2D eigenvalue weighted by Gasteiger charge is 2.34. The van der Waals surface area contributed by atoms with Crippen LogP contribution in [-0.4, -0.2) is 52.7 Å². The first-order valence-corrected chi connectivity index (χ1v) is 19.2. The number of amides is 2. The van der Waals surface area contributed by atoms with Crippen LogP contribution in [0.1, 0.15) is 78.9 Å². The largest absolute Gasteiger partial charge is 0.397 e. The third-order valence-electron chi connectivity index (χ3n) is 10.4. The van der Waals surface area contributed by atoms with Crippen LogP contribution in [0, 0.1) is 0 Å². The molecule has 10 nitrogen and oxygen atoms in total. The number of nitrogens with two attached hydrogens (primary N) is 1. The molecule has 5 aromatic rings. The Morgan fingerprint density at radius 2 is 1.50 bits per heavy atom. The zero-order valence-electron chi connectivity index (χ0n) is 32.0. The van der Waals surface area contributed by atoms with Crippen molar-refractivity contribution in [2.24, 2.45) is 0 Å². The maximum atomic E-state index is 12.6. The molecule has 0 aliphatic carbocycles. The van der Waals surface area contributed by atoms with Gasteiger partial charge in [0.25, 0.3) is 0 Å². The third kappa shape index (κ3) is 10.9. The second-order valence-corrected chi connectivity index (χ2v) is 14.5. The lowest BCUT2D eigenvalue weighted by Gasteiger charge is -2.39. The number of benzene rings is 5. The summed E-state index contributed by atoms with van der Waals surface area (Å²) in [6.45, 7) is 2.97. The van der Waals surface area contributed by atoms with E-state index in [1.54, 1.807) is 24.3 Å². The maximum Gasteiger partial charge on any atom is 0.224 e. The van der Waals surface area contributed by atoms with Gasteiger partial charge in [0, 0.05) is 44.0 Å². The average Bonchev–Trinajstić information content (AvgIpc) is 3.23. The number of aliphatic hydroxyl groups is 2. The number of likely N-dealkylation sites (N-methyl/N-ethyl adjacent to an activating group) is 1. The van der Waals surface area contributed by atoms with Crippen molar-refractivity contribution in [1.82, 2.24) is 10.2 Å². The van der Waals surface area contributed by atoms with Gasteiger partial charge in [-0.15, -0.1) is 0 Å². The summed E-state index contributed by atoms with van der Waals surface area (Å²) in [6, 6.07) is 40.7. The van der Waals surface area contributed by atoms with E-state index in [0.29, 0.717) is 37.3 Å². The minimum Gasteiger partial charge on any atom is -0.397 e. The molecule has 1 fully saturated rings. The van der Waals surface area contributed by atoms with Crippen LogP contribution in [0.15, 0.2) is 127 Å². The van der Waals surface area contributed by atoms with E-state index in [0.717, 1.165) is 38.9 Å². The van der Waals surface area contributed by atoms with Crippen molar-refractivity contribution in [3.05, 3.63) is 155 Å². The van der Waals surface area contributed by atoms with Crippen LogP contribution in [0.5, 0.6) is 0 Å². The Hall–Kier alpha value is -5.36. The molecule has 0 unspecified atom stereocenters. The number of hydrogen-bond acceptors (Lipinski definition) is 8. The van der Waals surface area contributed by atoms with E-state index < -0.39 is 12.4 Å². The molecule has 6 N–H and O–H groups in total. The van der Waals surface area contributed by atoms with Crippen molar-refractivity contribution < 1.29 is 29.3 Å². The van der Waals surface area contributed by atoms with Crippen LogP contribution in [0.25, 0.3) is 11.1 Å². The molecule has 0 saturated carbocycles. The Morgan fingerprint density at radius 3 is 2.23 bits per heavy atom. The summed E-state index contributed by atoms with van der Waals surface area (Å²) in [7, 11) is 2.01. The van der Waals surface area contributed by atoms with Crippen LogP contribution in [0.4, 0.5) is 11.4 Å². The molecule has 0 spiro atoms. The molecule has 1 saturated heterocycles. The van der Waals surface area contributed by atoms with Crippen molar-refractivity contribution in [2.45, 2.75) is 76.4 Å². The first-order valence-electron chi connectivity index (χ1n) is 19.2. The number of rotatable bonds is 16. The van der Waals surface area contributed by atoms with Gasteiger partial charge in [-0.05, 0) is 72.0 Å². The second kappa shape index (κ2) is 19.5. The maximum absolute atomic E-state index is 12.6. The number of nitrogens with one attached hydrogen (secondary N) is 2. The highest BCUT2D eigenvalue weighted by atomic mass is 16.7. The molecule has 292 valence electrons. The summed E-state index contributed by atoms with van der Waals surface area (Å²) in [4.78, 5) is 27.0. The first-order chi connectivity index (χ1) is 27.2. The highest BCUT2D eigenvalue weighted by Crippen LogP contribution is 2.39. The molecule has 1 aliphatic heterocycles. The summed E-state index contributed by atoms with van der Waals surface area (Å²) < 4.78 is 13.2. The quantitative estimate of drug-likeness (QED) is 0.0653. The molecule has 1 heterocycles. The Kier molecular flexibility index (Phi) is 14.0. The van der Waals surface area contributed by atoms with E-state index in [9.17, 15) is 19.8 Å². The van der Waals surface area contributed by atoms with Gasteiger partial charge < -0.3 is 36.1 Å². The monoisotopic (exact) mass is 756 g/mol. The van der Waals surface area contributed by atoms with E-state index >= 15 is 0 Å². The lowest BCUT2D eigenvalue weighted by molar-refractivity contribution is -0.253. The number of anilines is 2. The lowest BCUT2D eigenvalue weighted by Crippen LogP contribution is -2.43. The summed E-state index contributed by atoms with van der Waals surface area (Å²) in [6.07, 6.45) is -0.146. The molecule has 0 bridgehead atoms. The van der Waals surface area contributed by atoms with Gasteiger partial charge in [-0.2, -0.15) is 0 Å². The van der Waals surface area contributed by atoms with Gasteiger partial charge in [-0.1, -0.05) is 109 Å². The van der Waals surface area contributed by atoms with Gasteiger partial charge in [-0.25, -0.2) is 0 Å². The van der Waals surface area contributed by atoms with Gasteiger partial charge in [0.15, 0.2) is 6.29 Å². The molecule has 56 heavy (non-hydrogen) atoms. The number of ether oxygens (including phenoxy) is 2. The normalized spacial score (nSPS) is 17.9. The number of nitrogens with zero attached hydrogens (tertiary/aromatic N) is 1. The summed E-state index contributed by atoms with van der Waals surface area (Å²) >= 11 is 0. The second-order valence-electron chi connectivity index (χ2n) is 14.5. The fraction of sp³-hybridized carbons (Fsp3) is 0.304. The molecular formula is C46H52N4O6. The summed E-state index contributed by atoms with van der Waals surface area (Å²) in [5, 5.41) is 26.5. The Morgan fingerprint density at radius 1 is 0.804 bits per heavy atom. The number of aliphatic hydroxyl groups excluding tert-OH is 2. The molecule has 10 heteroatoms. The van der Waals surface area contributed by atoms with Crippen LogP contribution >= 0.6 is 0 Å². The third-order valence-corrected chi connectivity index (χ3v) is 10.4. The predicted molar refractivity (Wildman–Crippen MR) is 219 cm³/mol. The van der Waals surface area contributed by atoms with E-state index in [1.165, 1.54) is 0 Å². The number of carbonyl (C=O) groups is 2. The fourth-order valence-electron chi connectivity index (χ4n) is 6.91. The van der Waals surface area contributed by atoms with Crippen LogP contribution in [-0.2, 0) is 32.2 Å². The molecule has 1 aliphatic rings. The van der Waals surface area contributed by atoms with Gasteiger partial charge in [0.2, 0.25) is 11.8 Å². The summed E-state index contributed by atoms with van der Waals surface area (Å²) in [5.41, 5.74) is 13.6. The molecule has 5 atom stereocenters. The lowest BCUT2D eigenvalue weighted by atomic mass is 9.98. The fourth-order valence-corrected chi connectivity index (χ4v) is 6.91. The van der Waals surface area contributed by atoms with E-state index in [2.05, 4.69) is 21.6 Å². The van der Waals surface area contributed by atoms with Crippen LogP contribution < -0.4 is 16.4 Å². The van der Waals surface area contributed by atoms with Crippen molar-refractivity contribution in [3.8, 4) is 11.1 Å². The minimum atomic E-state index is -0.646. The molecule has 2 amide bonds. The zero-order chi connectivity index (χ0) is 39.4. The van der Waals surface area contributed by atoms with Gasteiger partial charge in [0.05, 0.1) is 36.3 Å². The molecular weight excluding hydrogens is 705 g/mol. The van der Waals surface area contributed by atoms with Gasteiger partial charge in [0.1, 0.15) is 0 Å². The van der Waals surface area contributed by atoms with E-state index in [-0.39, 0.29) is 49.5 Å². The highest BCUT2D eigenvalue weighted by molar-refractivity contribution is 5.94. The molecule has 0 radical (unpaired) electrons. The standard InChI is InChI=1S/C46H52N4O6/c1-31(45(54)36-11-4-3-5-12-36)50(2)29-39-27-42(35-20-18-32(30-51)19-21-35)56-46(55-39)37-24-22-34(23-25-37)38-13-8-10-33(26-38)28-48-43(52)16-9-17-44(53)49-41-15-7-6-14-40(41)47/h3-8,10-15,18-26,31,39,42,45-46,51,54H,9,16-17,27-30,47H2,1-2H3,(H,48,52)(H,49,53)/t31-,39-,42+,45-,46+/m1/s1.